The Kier molecular flexibility index (Phi) is 7.31. The summed E-state index contributed by atoms with van der Waals surface area (Å²) in [6.45, 7) is 4.73. The van der Waals surface area contributed by atoms with Gasteiger partial charge in [0.05, 0.1) is 16.8 Å². The van der Waals surface area contributed by atoms with Gasteiger partial charge in [-0.15, -0.1) is 0 Å². The maximum absolute atomic E-state index is 5.36. The summed E-state index contributed by atoms with van der Waals surface area (Å²) in [6.07, 6.45) is 0. The number of nitrogens with zero attached hydrogens (tertiary/aromatic N) is 2. The van der Waals surface area contributed by atoms with Crippen LogP contribution in [0.5, 0.6) is 0 Å². The zero-order chi connectivity index (χ0) is 41.2. The molecule has 3 aliphatic rings. The van der Waals surface area contributed by atoms with E-state index in [0.717, 1.165) is 28.1 Å². The van der Waals surface area contributed by atoms with Crippen LogP contribution in [0, 0.1) is 0 Å². The molecule has 0 fully saturated rings. The molecule has 0 radical (unpaired) electrons. The van der Waals surface area contributed by atoms with Crippen molar-refractivity contribution in [3.63, 3.8) is 0 Å². The smallest absolute Gasteiger partial charge is 0.160 e. The highest BCUT2D eigenvalue weighted by Crippen LogP contribution is 2.63. The van der Waals surface area contributed by atoms with Crippen LogP contribution < -0.4 is 0 Å². The van der Waals surface area contributed by atoms with E-state index >= 15 is 0 Å². The number of benzene rings is 9. The molecule has 1 heterocycles. The second-order valence-electron chi connectivity index (χ2n) is 17.7. The molecule has 10 aromatic rings. The summed E-state index contributed by atoms with van der Waals surface area (Å²) in [5, 5.41) is 2.55. The van der Waals surface area contributed by atoms with Gasteiger partial charge in [0, 0.05) is 22.1 Å². The van der Waals surface area contributed by atoms with Crippen molar-refractivity contribution >= 4 is 10.8 Å². The number of hydrogen-bond donors (Lipinski definition) is 0. The highest BCUT2D eigenvalue weighted by molar-refractivity contribution is 5.99. The second kappa shape index (κ2) is 12.9. The van der Waals surface area contributed by atoms with Crippen LogP contribution in [0.25, 0.3) is 89.2 Å². The van der Waals surface area contributed by atoms with Crippen molar-refractivity contribution in [2.24, 2.45) is 0 Å². The third-order valence-electron chi connectivity index (χ3n) is 14.1. The van der Waals surface area contributed by atoms with Crippen LogP contribution in [0.15, 0.2) is 206 Å². The molecule has 13 rings (SSSR count). The Morgan fingerprint density at radius 1 is 0.306 bits per heavy atom. The van der Waals surface area contributed by atoms with E-state index < -0.39 is 5.41 Å². The van der Waals surface area contributed by atoms with Crippen molar-refractivity contribution in [1.29, 1.82) is 0 Å². The van der Waals surface area contributed by atoms with Crippen LogP contribution in [0.1, 0.15) is 47.2 Å². The van der Waals surface area contributed by atoms with E-state index in [1.807, 2.05) is 6.07 Å². The molecule has 0 N–H and O–H groups in total. The Hall–Kier alpha value is -7.68. The SMILES string of the molecule is CC1(C)c2cc3ccccc3cc2-c2c(-c3cccc(-c4cc(-c5ccc6c(c5)C5(c7ccccc7-c7ccccc75)c5ccccc5-6)nc(-c5ccccc5)n4)c3)cccc21. The van der Waals surface area contributed by atoms with Crippen LogP contribution >= 0.6 is 0 Å². The molecule has 2 nitrogen and oxygen atoms in total. The van der Waals surface area contributed by atoms with Gasteiger partial charge < -0.3 is 0 Å². The van der Waals surface area contributed by atoms with Crippen molar-refractivity contribution in [3.8, 4) is 78.4 Å². The largest absolute Gasteiger partial charge is 0.228 e. The first-order chi connectivity index (χ1) is 30.5. The molecule has 2 heteroatoms. The van der Waals surface area contributed by atoms with Crippen molar-refractivity contribution in [2.45, 2.75) is 24.7 Å². The molecule has 0 aliphatic heterocycles. The third-order valence-corrected chi connectivity index (χ3v) is 14.1. The maximum Gasteiger partial charge on any atom is 0.160 e. The predicted molar refractivity (Wildman–Crippen MR) is 255 cm³/mol. The fraction of sp³-hybridized carbons (Fsp3) is 0.0667. The molecule has 0 unspecified atom stereocenters. The molecule has 3 aliphatic carbocycles. The molecular weight excluding hydrogens is 749 g/mol. The van der Waals surface area contributed by atoms with E-state index in [4.69, 9.17) is 9.97 Å². The highest BCUT2D eigenvalue weighted by Gasteiger charge is 2.51. The minimum absolute atomic E-state index is 0.118. The Balaban J connectivity index is 0.995. The number of fused-ring (bicyclic) bond motifs is 14. The van der Waals surface area contributed by atoms with Crippen molar-refractivity contribution in [2.75, 3.05) is 0 Å². The zero-order valence-corrected chi connectivity index (χ0v) is 34.5. The monoisotopic (exact) mass is 788 g/mol. The average Bonchev–Trinajstić information content (AvgIpc) is 3.89. The first kappa shape index (κ1) is 35.1. The van der Waals surface area contributed by atoms with Gasteiger partial charge in [-0.05, 0) is 119 Å². The Morgan fingerprint density at radius 2 is 0.806 bits per heavy atom. The molecule has 9 aromatic carbocycles. The molecule has 290 valence electrons. The standard InChI is InChI=1S/C60H40N2/c1-59(2)52-29-15-25-43(57(52)48-33-38-18-6-7-19-39(38)34-53(48)59)40-20-14-21-41(32-40)55-36-56(62-58(61-55)37-16-4-3-5-17-37)42-30-31-47-46-24-10-13-28-51(46)60(54(47)35-42)49-26-11-8-22-44(49)45-23-9-12-27-50(45)60/h3-36H,1-2H3. The maximum atomic E-state index is 5.36. The van der Waals surface area contributed by atoms with Gasteiger partial charge in [0.1, 0.15) is 0 Å². The summed E-state index contributed by atoms with van der Waals surface area (Å²) in [4.78, 5) is 10.7. The minimum atomic E-state index is -0.434. The summed E-state index contributed by atoms with van der Waals surface area (Å²) >= 11 is 0. The van der Waals surface area contributed by atoms with E-state index in [-0.39, 0.29) is 5.41 Å². The molecule has 0 amide bonds. The molecule has 0 bridgehead atoms. The first-order valence-corrected chi connectivity index (χ1v) is 21.6. The summed E-state index contributed by atoms with van der Waals surface area (Å²) in [6, 6.07) is 75.9. The lowest BCUT2D eigenvalue weighted by Crippen LogP contribution is -2.25. The van der Waals surface area contributed by atoms with Crippen molar-refractivity contribution < 1.29 is 0 Å². The molecule has 0 saturated carbocycles. The number of aromatic nitrogens is 2. The van der Waals surface area contributed by atoms with Crippen LogP contribution in [-0.2, 0) is 10.8 Å². The molecule has 62 heavy (non-hydrogen) atoms. The lowest BCUT2D eigenvalue weighted by atomic mass is 9.70. The van der Waals surface area contributed by atoms with E-state index in [1.54, 1.807) is 0 Å². The van der Waals surface area contributed by atoms with Crippen LogP contribution in [-0.4, -0.2) is 9.97 Å². The fourth-order valence-electron chi connectivity index (χ4n) is 11.3. The summed E-state index contributed by atoms with van der Waals surface area (Å²) in [5.74, 6) is 0.710. The Morgan fingerprint density at radius 3 is 1.48 bits per heavy atom. The quantitative estimate of drug-likeness (QED) is 0.177. The van der Waals surface area contributed by atoms with Crippen LogP contribution in [0.4, 0.5) is 0 Å². The topological polar surface area (TPSA) is 25.8 Å². The van der Waals surface area contributed by atoms with Crippen LogP contribution in [0.2, 0.25) is 0 Å². The third kappa shape index (κ3) is 4.81. The molecular formula is C60H40N2. The fourth-order valence-corrected chi connectivity index (χ4v) is 11.3. The zero-order valence-electron chi connectivity index (χ0n) is 34.5. The van der Waals surface area contributed by atoms with E-state index in [0.29, 0.717) is 5.82 Å². The van der Waals surface area contributed by atoms with Crippen molar-refractivity contribution in [3.05, 3.63) is 240 Å². The summed E-state index contributed by atoms with van der Waals surface area (Å²) < 4.78 is 0. The Labute approximate surface area is 361 Å². The predicted octanol–water partition coefficient (Wildman–Crippen LogP) is 14.9. The van der Waals surface area contributed by atoms with Gasteiger partial charge >= 0.3 is 0 Å². The summed E-state index contributed by atoms with van der Waals surface area (Å²) in [5.41, 5.74) is 22.6. The van der Waals surface area contributed by atoms with E-state index in [9.17, 15) is 0 Å². The highest BCUT2D eigenvalue weighted by atomic mass is 14.9. The van der Waals surface area contributed by atoms with Gasteiger partial charge in [-0.2, -0.15) is 0 Å². The van der Waals surface area contributed by atoms with Gasteiger partial charge in [-0.3, -0.25) is 0 Å². The summed E-state index contributed by atoms with van der Waals surface area (Å²) in [7, 11) is 0. The lowest BCUT2D eigenvalue weighted by molar-refractivity contribution is 0.661. The van der Waals surface area contributed by atoms with E-state index in [1.165, 1.54) is 88.7 Å². The van der Waals surface area contributed by atoms with Gasteiger partial charge in [0.15, 0.2) is 5.82 Å². The molecule has 0 saturated heterocycles. The molecule has 0 atom stereocenters. The average molecular weight is 789 g/mol. The molecule has 1 spiro atoms. The van der Waals surface area contributed by atoms with Gasteiger partial charge in [0.25, 0.3) is 0 Å². The van der Waals surface area contributed by atoms with E-state index in [2.05, 4.69) is 214 Å². The molecule has 1 aromatic heterocycles. The minimum Gasteiger partial charge on any atom is -0.228 e. The van der Waals surface area contributed by atoms with Gasteiger partial charge in [0.2, 0.25) is 0 Å². The lowest BCUT2D eigenvalue weighted by Gasteiger charge is -2.30. The number of hydrogen-bond acceptors (Lipinski definition) is 2. The van der Waals surface area contributed by atoms with Gasteiger partial charge in [-0.1, -0.05) is 190 Å². The van der Waals surface area contributed by atoms with Gasteiger partial charge in [-0.25, -0.2) is 9.97 Å². The van der Waals surface area contributed by atoms with Crippen molar-refractivity contribution in [1.82, 2.24) is 9.97 Å². The second-order valence-corrected chi connectivity index (χ2v) is 17.7. The first-order valence-electron chi connectivity index (χ1n) is 21.6. The number of rotatable bonds is 4. The van der Waals surface area contributed by atoms with Crippen LogP contribution in [0.3, 0.4) is 0 Å². The normalized spacial score (nSPS) is 14.2. The Bertz CT molecular complexity index is 3440.